The number of sulfonamides is 1. The van der Waals surface area contributed by atoms with Crippen molar-refractivity contribution in [3.05, 3.63) is 35.9 Å². The SMILES string of the molecule is NCC1CCCCC1NC(=O)C1CCCN(S(=O)(=O)Cc2ccccc2)C1. The Kier molecular flexibility index (Phi) is 6.89. The fraction of sp³-hybridized carbons (Fsp3) is 0.650. The Hall–Kier alpha value is -1.44. The molecule has 1 aliphatic heterocycles. The molecule has 0 spiro atoms. The first-order valence-electron chi connectivity index (χ1n) is 10.0. The van der Waals surface area contributed by atoms with Gasteiger partial charge in [-0.05, 0) is 43.7 Å². The molecule has 27 heavy (non-hydrogen) atoms. The molecule has 3 N–H and O–H groups in total. The molecule has 3 unspecified atom stereocenters. The second-order valence-corrected chi connectivity index (χ2v) is 9.80. The fourth-order valence-corrected chi connectivity index (χ4v) is 5.88. The molecule has 2 fully saturated rings. The number of nitrogens with zero attached hydrogens (tertiary/aromatic N) is 1. The van der Waals surface area contributed by atoms with Gasteiger partial charge >= 0.3 is 0 Å². The molecule has 7 heteroatoms. The molecule has 1 aliphatic carbocycles. The fourth-order valence-electron chi connectivity index (χ4n) is 4.27. The number of nitrogens with one attached hydrogen (secondary N) is 1. The number of hydrogen-bond acceptors (Lipinski definition) is 4. The lowest BCUT2D eigenvalue weighted by Gasteiger charge is -2.35. The molecule has 1 saturated carbocycles. The molecular formula is C20H31N3O3S. The average Bonchev–Trinajstić information content (AvgIpc) is 2.69. The Bertz CT molecular complexity index is 723. The largest absolute Gasteiger partial charge is 0.353 e. The maximum atomic E-state index is 12.8. The highest BCUT2D eigenvalue weighted by Gasteiger charge is 2.34. The van der Waals surface area contributed by atoms with Gasteiger partial charge in [-0.25, -0.2) is 12.7 Å². The van der Waals surface area contributed by atoms with E-state index in [1.807, 2.05) is 30.3 Å². The van der Waals surface area contributed by atoms with Crippen LogP contribution < -0.4 is 11.1 Å². The van der Waals surface area contributed by atoms with Crippen LogP contribution >= 0.6 is 0 Å². The summed E-state index contributed by atoms with van der Waals surface area (Å²) in [7, 11) is -3.42. The van der Waals surface area contributed by atoms with E-state index < -0.39 is 10.0 Å². The van der Waals surface area contributed by atoms with Crippen LogP contribution in [-0.4, -0.2) is 44.3 Å². The van der Waals surface area contributed by atoms with Crippen LogP contribution in [0.3, 0.4) is 0 Å². The van der Waals surface area contributed by atoms with Crippen LogP contribution in [0.25, 0.3) is 0 Å². The normalized spacial score (nSPS) is 27.2. The Labute approximate surface area is 162 Å². The zero-order valence-electron chi connectivity index (χ0n) is 15.8. The summed E-state index contributed by atoms with van der Waals surface area (Å²) in [6, 6.07) is 9.33. The first-order chi connectivity index (χ1) is 13.0. The Morgan fingerprint density at radius 3 is 2.59 bits per heavy atom. The summed E-state index contributed by atoms with van der Waals surface area (Å²) in [5.41, 5.74) is 6.64. The average molecular weight is 394 g/mol. The number of amides is 1. The van der Waals surface area contributed by atoms with Crippen LogP contribution in [0.15, 0.2) is 30.3 Å². The lowest BCUT2D eigenvalue weighted by molar-refractivity contribution is -0.127. The van der Waals surface area contributed by atoms with E-state index in [-0.39, 0.29) is 30.2 Å². The van der Waals surface area contributed by atoms with Crippen LogP contribution in [0.1, 0.15) is 44.1 Å². The van der Waals surface area contributed by atoms with Crippen LogP contribution in [-0.2, 0) is 20.6 Å². The minimum Gasteiger partial charge on any atom is -0.353 e. The van der Waals surface area contributed by atoms with Gasteiger partial charge in [-0.3, -0.25) is 4.79 Å². The molecule has 1 amide bonds. The van der Waals surface area contributed by atoms with Crippen molar-refractivity contribution in [3.63, 3.8) is 0 Å². The van der Waals surface area contributed by atoms with E-state index in [1.165, 1.54) is 10.7 Å². The molecular weight excluding hydrogens is 362 g/mol. The van der Waals surface area contributed by atoms with Gasteiger partial charge in [-0.2, -0.15) is 0 Å². The number of piperidine rings is 1. The van der Waals surface area contributed by atoms with Crippen LogP contribution in [0, 0.1) is 11.8 Å². The highest BCUT2D eigenvalue weighted by Crippen LogP contribution is 2.26. The minimum absolute atomic E-state index is 0.0138. The summed E-state index contributed by atoms with van der Waals surface area (Å²) < 4.78 is 27.1. The number of rotatable bonds is 6. The van der Waals surface area contributed by atoms with Crippen molar-refractivity contribution in [2.75, 3.05) is 19.6 Å². The molecule has 1 aromatic carbocycles. The van der Waals surface area contributed by atoms with Gasteiger partial charge in [0.2, 0.25) is 15.9 Å². The zero-order chi connectivity index (χ0) is 19.3. The van der Waals surface area contributed by atoms with Gasteiger partial charge in [-0.1, -0.05) is 43.2 Å². The molecule has 0 bridgehead atoms. The first kappa shape index (κ1) is 20.3. The van der Waals surface area contributed by atoms with E-state index in [0.717, 1.165) is 37.7 Å². The molecule has 1 saturated heterocycles. The Balaban J connectivity index is 1.60. The molecule has 6 nitrogen and oxygen atoms in total. The summed E-state index contributed by atoms with van der Waals surface area (Å²) in [4.78, 5) is 12.8. The molecule has 2 aliphatic rings. The van der Waals surface area contributed by atoms with E-state index in [1.54, 1.807) is 0 Å². The quantitative estimate of drug-likeness (QED) is 0.772. The molecule has 150 valence electrons. The topological polar surface area (TPSA) is 92.5 Å². The summed E-state index contributed by atoms with van der Waals surface area (Å²) in [6.45, 7) is 1.36. The lowest BCUT2D eigenvalue weighted by atomic mass is 9.84. The molecule has 3 rings (SSSR count). The van der Waals surface area contributed by atoms with Crippen molar-refractivity contribution in [1.82, 2.24) is 9.62 Å². The van der Waals surface area contributed by atoms with Gasteiger partial charge in [0.05, 0.1) is 11.7 Å². The van der Waals surface area contributed by atoms with E-state index in [4.69, 9.17) is 5.73 Å². The standard InChI is InChI=1S/C20H31N3O3S/c21-13-17-9-4-5-11-19(17)22-20(24)18-10-6-12-23(14-18)27(25,26)15-16-7-2-1-3-8-16/h1-3,7-8,17-19H,4-6,9-15,21H2,(H,22,24). The predicted octanol–water partition coefficient (Wildman–Crippen LogP) is 1.86. The van der Waals surface area contributed by atoms with Crippen molar-refractivity contribution in [2.24, 2.45) is 17.6 Å². The molecule has 0 radical (unpaired) electrons. The number of benzene rings is 1. The van der Waals surface area contributed by atoms with Crippen molar-refractivity contribution in [1.29, 1.82) is 0 Å². The molecule has 1 aromatic rings. The number of carbonyl (C=O) groups excluding carboxylic acids is 1. The van der Waals surface area contributed by atoms with E-state index in [9.17, 15) is 13.2 Å². The zero-order valence-corrected chi connectivity index (χ0v) is 16.7. The summed E-state index contributed by atoms with van der Waals surface area (Å²) in [5.74, 6) is 0.0360. The molecule has 1 heterocycles. The monoisotopic (exact) mass is 393 g/mol. The third kappa shape index (κ3) is 5.30. The number of nitrogens with two attached hydrogens (primary N) is 1. The maximum absolute atomic E-state index is 12.8. The van der Waals surface area contributed by atoms with E-state index >= 15 is 0 Å². The van der Waals surface area contributed by atoms with Gasteiger partial charge in [-0.15, -0.1) is 0 Å². The highest BCUT2D eigenvalue weighted by molar-refractivity contribution is 7.88. The van der Waals surface area contributed by atoms with Gasteiger partial charge in [0, 0.05) is 19.1 Å². The molecule has 0 aromatic heterocycles. The smallest absolute Gasteiger partial charge is 0.224 e. The van der Waals surface area contributed by atoms with Crippen molar-refractivity contribution in [3.8, 4) is 0 Å². The maximum Gasteiger partial charge on any atom is 0.224 e. The predicted molar refractivity (Wildman–Crippen MR) is 106 cm³/mol. The number of carbonyl (C=O) groups is 1. The van der Waals surface area contributed by atoms with E-state index in [0.29, 0.717) is 19.0 Å². The van der Waals surface area contributed by atoms with Gasteiger partial charge in [0.15, 0.2) is 0 Å². The summed E-state index contributed by atoms with van der Waals surface area (Å²) in [6.07, 6.45) is 5.77. The molecule has 3 atom stereocenters. The number of hydrogen-bond donors (Lipinski definition) is 2. The third-order valence-corrected chi connectivity index (χ3v) is 7.70. The van der Waals surface area contributed by atoms with Crippen LogP contribution in [0.5, 0.6) is 0 Å². The second kappa shape index (κ2) is 9.17. The van der Waals surface area contributed by atoms with Gasteiger partial charge in [0.25, 0.3) is 0 Å². The van der Waals surface area contributed by atoms with Crippen molar-refractivity contribution >= 4 is 15.9 Å². The second-order valence-electron chi connectivity index (χ2n) is 7.83. The summed E-state index contributed by atoms with van der Waals surface area (Å²) in [5, 5.41) is 3.17. The van der Waals surface area contributed by atoms with Gasteiger partial charge in [0.1, 0.15) is 0 Å². The Morgan fingerprint density at radius 1 is 1.11 bits per heavy atom. The van der Waals surface area contributed by atoms with Crippen molar-refractivity contribution < 1.29 is 13.2 Å². The van der Waals surface area contributed by atoms with Crippen LogP contribution in [0.2, 0.25) is 0 Å². The van der Waals surface area contributed by atoms with Gasteiger partial charge < -0.3 is 11.1 Å². The lowest BCUT2D eigenvalue weighted by Crippen LogP contribution is -2.50. The third-order valence-electron chi connectivity index (χ3n) is 5.88. The highest BCUT2D eigenvalue weighted by atomic mass is 32.2. The Morgan fingerprint density at radius 2 is 1.85 bits per heavy atom. The van der Waals surface area contributed by atoms with Crippen molar-refractivity contribution in [2.45, 2.75) is 50.3 Å². The first-order valence-corrected chi connectivity index (χ1v) is 11.6. The summed E-state index contributed by atoms with van der Waals surface area (Å²) >= 11 is 0. The minimum atomic E-state index is -3.42. The van der Waals surface area contributed by atoms with Crippen LogP contribution in [0.4, 0.5) is 0 Å². The van der Waals surface area contributed by atoms with E-state index in [2.05, 4.69) is 5.32 Å².